The molecular formula is C23H26BrN3O3. The van der Waals surface area contributed by atoms with E-state index in [4.69, 9.17) is 9.47 Å². The summed E-state index contributed by atoms with van der Waals surface area (Å²) in [6.07, 6.45) is 0.802. The summed E-state index contributed by atoms with van der Waals surface area (Å²) in [4.78, 5) is 12.5. The van der Waals surface area contributed by atoms with Crippen LogP contribution in [0.4, 0.5) is 0 Å². The Labute approximate surface area is 185 Å². The number of methoxy groups -OCH3 is 1. The van der Waals surface area contributed by atoms with Crippen molar-refractivity contribution in [3.63, 3.8) is 0 Å². The first-order valence-corrected chi connectivity index (χ1v) is 10.6. The van der Waals surface area contributed by atoms with Gasteiger partial charge in [-0.15, -0.1) is 0 Å². The third kappa shape index (κ3) is 5.42. The molecule has 0 saturated heterocycles. The molecule has 0 aliphatic carbocycles. The number of nitrogens with zero attached hydrogens (tertiary/aromatic N) is 2. The Bertz CT molecular complexity index is 1020. The summed E-state index contributed by atoms with van der Waals surface area (Å²) in [5, 5.41) is 7.46. The standard InChI is InChI=1S/C23H26BrN3O3/c1-16-22(24)17(2)27(26-16)13-7-12-25-23(28)19-9-6-8-18(14-19)15-30-21-11-5-4-10-20(21)29-3/h4-6,8-11,14H,7,12-13,15H2,1-3H3,(H,25,28). The normalized spacial score (nSPS) is 10.7. The maximum atomic E-state index is 12.5. The molecule has 6 nitrogen and oxygen atoms in total. The second-order valence-electron chi connectivity index (χ2n) is 6.96. The predicted octanol–water partition coefficient (Wildman–Crippen LogP) is 4.67. The van der Waals surface area contributed by atoms with Crippen LogP contribution in [0.1, 0.15) is 33.7 Å². The quantitative estimate of drug-likeness (QED) is 0.460. The summed E-state index contributed by atoms with van der Waals surface area (Å²) in [5.41, 5.74) is 3.61. The fourth-order valence-corrected chi connectivity index (χ4v) is 3.41. The van der Waals surface area contributed by atoms with Crippen molar-refractivity contribution in [1.29, 1.82) is 0 Å². The first-order valence-electron chi connectivity index (χ1n) is 9.82. The molecule has 1 aromatic heterocycles. The highest BCUT2D eigenvalue weighted by Gasteiger charge is 2.10. The average Bonchev–Trinajstić information content (AvgIpc) is 3.02. The zero-order valence-corrected chi connectivity index (χ0v) is 19.0. The lowest BCUT2D eigenvalue weighted by Gasteiger charge is -2.11. The van der Waals surface area contributed by atoms with Gasteiger partial charge in [0.15, 0.2) is 11.5 Å². The number of benzene rings is 2. The number of carbonyl (C=O) groups excluding carboxylic acids is 1. The van der Waals surface area contributed by atoms with Gasteiger partial charge < -0.3 is 14.8 Å². The van der Waals surface area contributed by atoms with E-state index < -0.39 is 0 Å². The number of rotatable bonds is 9. The minimum absolute atomic E-state index is 0.0938. The van der Waals surface area contributed by atoms with Gasteiger partial charge in [-0.05, 0) is 66.0 Å². The molecule has 3 rings (SSSR count). The van der Waals surface area contributed by atoms with Gasteiger partial charge in [0.1, 0.15) is 6.61 Å². The highest BCUT2D eigenvalue weighted by Crippen LogP contribution is 2.26. The number of aromatic nitrogens is 2. The molecule has 0 atom stereocenters. The molecule has 1 heterocycles. The summed E-state index contributed by atoms with van der Waals surface area (Å²) >= 11 is 3.53. The van der Waals surface area contributed by atoms with E-state index in [2.05, 4.69) is 26.3 Å². The van der Waals surface area contributed by atoms with Crippen molar-refractivity contribution >= 4 is 21.8 Å². The molecule has 0 radical (unpaired) electrons. The maximum Gasteiger partial charge on any atom is 0.251 e. The average molecular weight is 472 g/mol. The molecule has 0 aliphatic rings. The van der Waals surface area contributed by atoms with Crippen molar-refractivity contribution in [3.8, 4) is 11.5 Å². The lowest BCUT2D eigenvalue weighted by molar-refractivity contribution is 0.0952. The highest BCUT2D eigenvalue weighted by molar-refractivity contribution is 9.10. The van der Waals surface area contributed by atoms with Crippen molar-refractivity contribution in [3.05, 3.63) is 75.5 Å². The van der Waals surface area contributed by atoms with Crippen molar-refractivity contribution in [2.45, 2.75) is 33.4 Å². The number of para-hydroxylation sites is 2. The summed E-state index contributed by atoms with van der Waals surface area (Å²) in [6.45, 7) is 5.69. The summed E-state index contributed by atoms with van der Waals surface area (Å²) in [6, 6.07) is 15.0. The summed E-state index contributed by atoms with van der Waals surface area (Å²) < 4.78 is 14.1. The monoisotopic (exact) mass is 471 g/mol. The van der Waals surface area contributed by atoms with Gasteiger partial charge in [-0.2, -0.15) is 5.10 Å². The van der Waals surface area contributed by atoms with E-state index >= 15 is 0 Å². The third-order valence-corrected chi connectivity index (χ3v) is 5.93. The van der Waals surface area contributed by atoms with Crippen molar-refractivity contribution in [2.24, 2.45) is 0 Å². The van der Waals surface area contributed by atoms with Crippen LogP contribution in [0.2, 0.25) is 0 Å². The van der Waals surface area contributed by atoms with Crippen LogP contribution in [-0.4, -0.2) is 29.3 Å². The van der Waals surface area contributed by atoms with Crippen LogP contribution in [0, 0.1) is 13.8 Å². The second kappa shape index (κ2) is 10.3. The molecule has 0 fully saturated rings. The Morgan fingerprint density at radius 1 is 1.13 bits per heavy atom. The summed E-state index contributed by atoms with van der Waals surface area (Å²) in [5.74, 6) is 1.26. The van der Waals surface area contributed by atoms with Crippen LogP contribution in [0.25, 0.3) is 0 Å². The van der Waals surface area contributed by atoms with Gasteiger partial charge in [-0.1, -0.05) is 24.3 Å². The number of nitrogens with one attached hydrogen (secondary N) is 1. The molecule has 0 aliphatic heterocycles. The Kier molecular flexibility index (Phi) is 7.52. The first-order chi connectivity index (χ1) is 14.5. The fourth-order valence-electron chi connectivity index (χ4n) is 3.13. The largest absolute Gasteiger partial charge is 0.493 e. The van der Waals surface area contributed by atoms with Gasteiger partial charge in [0, 0.05) is 24.3 Å². The number of hydrogen-bond acceptors (Lipinski definition) is 4. The van der Waals surface area contributed by atoms with Gasteiger partial charge in [0.2, 0.25) is 0 Å². The Morgan fingerprint density at radius 2 is 1.90 bits per heavy atom. The number of ether oxygens (including phenoxy) is 2. The van der Waals surface area contributed by atoms with E-state index in [0.29, 0.717) is 30.2 Å². The summed E-state index contributed by atoms with van der Waals surface area (Å²) in [7, 11) is 1.61. The molecule has 1 amide bonds. The van der Waals surface area contributed by atoms with Crippen LogP contribution in [0.15, 0.2) is 53.0 Å². The lowest BCUT2D eigenvalue weighted by atomic mass is 10.1. The smallest absolute Gasteiger partial charge is 0.251 e. The molecule has 30 heavy (non-hydrogen) atoms. The SMILES string of the molecule is COc1ccccc1OCc1cccc(C(=O)NCCCn2nc(C)c(Br)c2C)c1. The highest BCUT2D eigenvalue weighted by atomic mass is 79.9. The molecule has 3 aromatic rings. The van der Waals surface area contributed by atoms with Crippen LogP contribution in [-0.2, 0) is 13.2 Å². The van der Waals surface area contributed by atoms with Gasteiger partial charge in [-0.25, -0.2) is 0 Å². The maximum absolute atomic E-state index is 12.5. The molecule has 0 unspecified atom stereocenters. The minimum atomic E-state index is -0.0938. The molecule has 7 heteroatoms. The molecule has 0 bridgehead atoms. The zero-order valence-electron chi connectivity index (χ0n) is 17.4. The van der Waals surface area contributed by atoms with E-state index in [0.717, 1.165) is 34.4 Å². The van der Waals surface area contributed by atoms with Gasteiger partial charge >= 0.3 is 0 Å². The van der Waals surface area contributed by atoms with E-state index in [1.807, 2.05) is 61.0 Å². The molecule has 2 aromatic carbocycles. The Morgan fingerprint density at radius 3 is 2.60 bits per heavy atom. The molecule has 0 spiro atoms. The second-order valence-corrected chi connectivity index (χ2v) is 7.75. The van der Waals surface area contributed by atoms with Gasteiger partial charge in [-0.3, -0.25) is 9.48 Å². The minimum Gasteiger partial charge on any atom is -0.493 e. The fraction of sp³-hybridized carbons (Fsp3) is 0.304. The van der Waals surface area contributed by atoms with Gasteiger partial charge in [0.05, 0.1) is 17.3 Å². The molecule has 1 N–H and O–H groups in total. The van der Waals surface area contributed by atoms with Crippen LogP contribution < -0.4 is 14.8 Å². The van der Waals surface area contributed by atoms with Crippen LogP contribution >= 0.6 is 15.9 Å². The van der Waals surface area contributed by atoms with Crippen LogP contribution in [0.3, 0.4) is 0 Å². The molecular weight excluding hydrogens is 446 g/mol. The predicted molar refractivity (Wildman–Crippen MR) is 120 cm³/mol. The van der Waals surface area contributed by atoms with E-state index in [9.17, 15) is 4.79 Å². The lowest BCUT2D eigenvalue weighted by Crippen LogP contribution is -2.25. The zero-order chi connectivity index (χ0) is 21.5. The van der Waals surface area contributed by atoms with Gasteiger partial charge in [0.25, 0.3) is 5.91 Å². The van der Waals surface area contributed by atoms with E-state index in [-0.39, 0.29) is 5.91 Å². The third-order valence-electron chi connectivity index (χ3n) is 4.78. The Balaban J connectivity index is 1.51. The van der Waals surface area contributed by atoms with Crippen LogP contribution in [0.5, 0.6) is 11.5 Å². The molecule has 0 saturated carbocycles. The van der Waals surface area contributed by atoms with E-state index in [1.165, 1.54) is 0 Å². The van der Waals surface area contributed by atoms with Crippen molar-refractivity contribution in [2.75, 3.05) is 13.7 Å². The number of amides is 1. The number of hydrogen-bond donors (Lipinski definition) is 1. The number of aryl methyl sites for hydroxylation is 2. The molecule has 158 valence electrons. The Hall–Kier alpha value is -2.80. The number of halogens is 1. The number of carbonyl (C=O) groups is 1. The topological polar surface area (TPSA) is 65.4 Å². The van der Waals surface area contributed by atoms with Crippen molar-refractivity contribution in [1.82, 2.24) is 15.1 Å². The van der Waals surface area contributed by atoms with Crippen molar-refractivity contribution < 1.29 is 14.3 Å². The van der Waals surface area contributed by atoms with E-state index in [1.54, 1.807) is 13.2 Å². The first kappa shape index (κ1) is 21.9.